The van der Waals surface area contributed by atoms with Crippen molar-refractivity contribution in [2.75, 3.05) is 18.0 Å². The number of aromatic nitrogens is 2. The fraction of sp³-hybridized carbons (Fsp3) is 0.478. The Morgan fingerprint density at radius 3 is 2.44 bits per heavy atom. The zero-order valence-corrected chi connectivity index (χ0v) is 20.7. The highest BCUT2D eigenvalue weighted by Crippen LogP contribution is 2.43. The lowest BCUT2D eigenvalue weighted by atomic mass is 9.88. The van der Waals surface area contributed by atoms with E-state index in [1.165, 1.54) is 17.4 Å². The van der Waals surface area contributed by atoms with Gasteiger partial charge in [-0.1, -0.05) is 0 Å². The summed E-state index contributed by atoms with van der Waals surface area (Å²) in [6.45, 7) is 7.26. The lowest BCUT2D eigenvalue weighted by Gasteiger charge is -2.55. The van der Waals surface area contributed by atoms with Gasteiger partial charge in [-0.2, -0.15) is 4.98 Å². The smallest absolute Gasteiger partial charge is 0.444 e. The first-order valence-corrected chi connectivity index (χ1v) is 12.1. The van der Waals surface area contributed by atoms with Crippen LogP contribution in [0.3, 0.4) is 0 Å². The number of carbonyl (C=O) groups is 2. The first-order chi connectivity index (χ1) is 16.8. The standard InChI is InChI=1S/C23H23F3N4O5S/c1-11(31)14-8-15(19-27-5-6-36-19)17-16(18(14)34-23(24,25)26)28-20(33-17)29-9-12-7-13(10-29)30(12)21(32)35-22(2,3)4/h5-6,8,12-13H,7,9-10H2,1-4H3. The fourth-order valence-electron chi connectivity index (χ4n) is 4.56. The minimum Gasteiger partial charge on any atom is -0.444 e. The lowest BCUT2D eigenvalue weighted by Crippen LogP contribution is -2.70. The molecule has 3 aromatic rings. The number of carbonyl (C=O) groups excluding carboxylic acids is 2. The number of nitrogens with zero attached hydrogens (tertiary/aromatic N) is 4. The molecule has 0 N–H and O–H groups in total. The van der Waals surface area contributed by atoms with Crippen molar-refractivity contribution in [2.45, 2.75) is 58.2 Å². The average molecular weight is 525 g/mol. The molecule has 3 saturated heterocycles. The van der Waals surface area contributed by atoms with Gasteiger partial charge in [0.15, 0.2) is 22.6 Å². The number of piperidine rings is 1. The molecule has 0 spiro atoms. The Hall–Kier alpha value is -3.35. The maximum Gasteiger partial charge on any atom is 0.573 e. The third-order valence-electron chi connectivity index (χ3n) is 5.94. The Morgan fingerprint density at radius 2 is 1.89 bits per heavy atom. The quantitative estimate of drug-likeness (QED) is 0.427. The van der Waals surface area contributed by atoms with Gasteiger partial charge in [0.2, 0.25) is 0 Å². The number of hydrogen-bond acceptors (Lipinski definition) is 9. The molecule has 36 heavy (non-hydrogen) atoms. The normalized spacial score (nSPS) is 19.9. The van der Waals surface area contributed by atoms with Crippen molar-refractivity contribution >= 4 is 40.3 Å². The summed E-state index contributed by atoms with van der Waals surface area (Å²) in [4.78, 5) is 36.9. The van der Waals surface area contributed by atoms with Gasteiger partial charge >= 0.3 is 12.5 Å². The number of amides is 1. The third kappa shape index (κ3) is 4.47. The van der Waals surface area contributed by atoms with Crippen LogP contribution < -0.4 is 9.64 Å². The Kier molecular flexibility index (Phi) is 5.65. The summed E-state index contributed by atoms with van der Waals surface area (Å²) in [6, 6.07) is 1.07. The average Bonchev–Trinajstić information content (AvgIpc) is 3.42. The minimum atomic E-state index is -5.04. The van der Waals surface area contributed by atoms with Gasteiger partial charge in [-0.25, -0.2) is 9.78 Å². The number of rotatable bonds is 4. The number of Topliss-reactive ketones (excluding diaryl/α,β-unsaturated/α-hetero) is 1. The summed E-state index contributed by atoms with van der Waals surface area (Å²) in [5, 5.41) is 2.16. The van der Waals surface area contributed by atoms with Crippen LogP contribution in [0.4, 0.5) is 24.0 Å². The van der Waals surface area contributed by atoms with Gasteiger partial charge in [-0.3, -0.25) is 9.69 Å². The highest BCUT2D eigenvalue weighted by Gasteiger charge is 2.50. The predicted octanol–water partition coefficient (Wildman–Crippen LogP) is 5.25. The van der Waals surface area contributed by atoms with E-state index in [0.29, 0.717) is 23.7 Å². The number of hydrogen-bond donors (Lipinski definition) is 0. The molecule has 9 nitrogen and oxygen atoms in total. The lowest BCUT2D eigenvalue weighted by molar-refractivity contribution is -0.274. The van der Waals surface area contributed by atoms with Crippen LogP contribution in [-0.4, -0.2) is 63.9 Å². The molecule has 2 aromatic heterocycles. The van der Waals surface area contributed by atoms with Crippen LogP contribution in [0.25, 0.3) is 21.7 Å². The van der Waals surface area contributed by atoms with Gasteiger partial charge in [-0.05, 0) is 40.2 Å². The van der Waals surface area contributed by atoms with E-state index in [1.54, 1.807) is 42.1 Å². The van der Waals surface area contributed by atoms with E-state index in [2.05, 4.69) is 14.7 Å². The Morgan fingerprint density at radius 1 is 1.19 bits per heavy atom. The van der Waals surface area contributed by atoms with Crippen molar-refractivity contribution < 1.29 is 36.7 Å². The number of ether oxygens (including phenoxy) is 2. The zero-order chi connectivity index (χ0) is 26.0. The van der Waals surface area contributed by atoms with Gasteiger partial charge < -0.3 is 18.8 Å². The SMILES string of the molecule is CC(=O)c1cc(-c2nccs2)c2oc(N3CC4CC(C3)N4C(=O)OC(C)(C)C)nc2c1OC(F)(F)F. The molecule has 1 aromatic carbocycles. The summed E-state index contributed by atoms with van der Waals surface area (Å²) in [5.74, 6) is -1.33. The van der Waals surface area contributed by atoms with E-state index in [9.17, 15) is 22.8 Å². The number of thiazole rings is 1. The van der Waals surface area contributed by atoms with Crippen molar-refractivity contribution in [3.8, 4) is 16.3 Å². The van der Waals surface area contributed by atoms with Crippen molar-refractivity contribution in [2.24, 2.45) is 0 Å². The second-order valence-corrected chi connectivity index (χ2v) is 10.6. The van der Waals surface area contributed by atoms with Crippen LogP contribution in [0, 0.1) is 0 Å². The fourth-order valence-corrected chi connectivity index (χ4v) is 5.21. The molecule has 3 aliphatic heterocycles. The maximum atomic E-state index is 13.3. The monoisotopic (exact) mass is 524 g/mol. The van der Waals surface area contributed by atoms with Gasteiger partial charge in [0.05, 0.1) is 23.2 Å². The van der Waals surface area contributed by atoms with Gasteiger partial charge in [0.25, 0.3) is 6.01 Å². The zero-order valence-electron chi connectivity index (χ0n) is 19.9. The van der Waals surface area contributed by atoms with Gasteiger partial charge in [-0.15, -0.1) is 24.5 Å². The van der Waals surface area contributed by atoms with Crippen molar-refractivity contribution in [3.63, 3.8) is 0 Å². The van der Waals surface area contributed by atoms with Crippen LogP contribution in [0.2, 0.25) is 0 Å². The minimum absolute atomic E-state index is 0.0347. The van der Waals surface area contributed by atoms with Crippen molar-refractivity contribution in [1.29, 1.82) is 0 Å². The number of oxazole rings is 1. The number of benzene rings is 1. The number of anilines is 1. The van der Waals surface area contributed by atoms with E-state index in [0.717, 1.165) is 13.3 Å². The van der Waals surface area contributed by atoms with E-state index < -0.39 is 29.6 Å². The van der Waals surface area contributed by atoms with Gasteiger partial charge in [0, 0.05) is 24.7 Å². The molecular weight excluding hydrogens is 501 g/mol. The summed E-state index contributed by atoms with van der Waals surface area (Å²) in [5.41, 5.74) is -0.745. The number of fused-ring (bicyclic) bond motifs is 3. The highest BCUT2D eigenvalue weighted by atomic mass is 32.1. The molecule has 1 amide bonds. The van der Waals surface area contributed by atoms with Crippen molar-refractivity contribution in [1.82, 2.24) is 14.9 Å². The van der Waals surface area contributed by atoms with E-state index in [-0.39, 0.29) is 34.8 Å². The van der Waals surface area contributed by atoms with Crippen LogP contribution in [0.5, 0.6) is 5.75 Å². The summed E-state index contributed by atoms with van der Waals surface area (Å²) in [7, 11) is 0. The number of halogens is 3. The Labute approximate surface area is 207 Å². The molecule has 3 aliphatic rings. The highest BCUT2D eigenvalue weighted by molar-refractivity contribution is 7.13. The molecule has 2 atom stereocenters. The molecule has 0 aliphatic carbocycles. The molecule has 0 radical (unpaired) electrons. The Balaban J connectivity index is 1.53. The molecule has 0 saturated carbocycles. The Bertz CT molecular complexity index is 1320. The number of ketones is 1. The summed E-state index contributed by atoms with van der Waals surface area (Å²) < 4.78 is 55.6. The second-order valence-electron chi connectivity index (χ2n) is 9.75. The third-order valence-corrected chi connectivity index (χ3v) is 6.74. The van der Waals surface area contributed by atoms with E-state index in [1.807, 2.05) is 0 Å². The molecule has 192 valence electrons. The topological polar surface area (TPSA) is 98.0 Å². The molecule has 6 rings (SSSR count). The molecule has 2 bridgehead atoms. The van der Waals surface area contributed by atoms with E-state index in [4.69, 9.17) is 9.15 Å². The maximum absolute atomic E-state index is 13.3. The first kappa shape index (κ1) is 24.3. The number of alkyl halides is 3. The second kappa shape index (κ2) is 8.36. The molecule has 13 heteroatoms. The van der Waals surface area contributed by atoms with E-state index >= 15 is 0 Å². The molecule has 2 unspecified atom stereocenters. The molecule has 5 heterocycles. The molecule has 3 fully saturated rings. The van der Waals surface area contributed by atoms with Crippen molar-refractivity contribution in [3.05, 3.63) is 23.2 Å². The van der Waals surface area contributed by atoms with Gasteiger partial charge in [0.1, 0.15) is 10.6 Å². The largest absolute Gasteiger partial charge is 0.573 e. The van der Waals surface area contributed by atoms with Crippen LogP contribution in [0.15, 0.2) is 22.1 Å². The summed E-state index contributed by atoms with van der Waals surface area (Å²) >= 11 is 1.25. The van der Waals surface area contributed by atoms with Crippen LogP contribution in [0.1, 0.15) is 44.5 Å². The first-order valence-electron chi connectivity index (χ1n) is 11.2. The summed E-state index contributed by atoms with van der Waals surface area (Å²) in [6.07, 6.45) is -3.13. The predicted molar refractivity (Wildman–Crippen MR) is 124 cm³/mol. The molecular formula is C23H23F3N4O5S. The van der Waals surface area contributed by atoms with Crippen LogP contribution >= 0.6 is 11.3 Å². The van der Waals surface area contributed by atoms with Crippen LogP contribution in [-0.2, 0) is 4.74 Å². The number of piperazine rings is 1.